The summed E-state index contributed by atoms with van der Waals surface area (Å²) in [6.07, 6.45) is 4.83. The summed E-state index contributed by atoms with van der Waals surface area (Å²) in [5.74, 6) is 0. The Kier molecular flexibility index (Phi) is 4.32. The summed E-state index contributed by atoms with van der Waals surface area (Å²) in [5, 5.41) is 4.72. The second-order valence-electron chi connectivity index (χ2n) is 7.59. The average molecular weight is 365 g/mol. The summed E-state index contributed by atoms with van der Waals surface area (Å²) in [6.45, 7) is 2.28. The third kappa shape index (κ3) is 2.77. The number of benzene rings is 4. The highest BCUT2D eigenvalue weighted by molar-refractivity contribution is 6.11. The van der Waals surface area contributed by atoms with Crippen molar-refractivity contribution in [2.24, 2.45) is 0 Å². The van der Waals surface area contributed by atoms with E-state index in [2.05, 4.69) is 53.4 Å². The van der Waals surface area contributed by atoms with Crippen LogP contribution >= 0.6 is 0 Å². The molecule has 0 bridgehead atoms. The molecule has 0 amide bonds. The van der Waals surface area contributed by atoms with Crippen molar-refractivity contribution in [3.63, 3.8) is 0 Å². The van der Waals surface area contributed by atoms with Crippen LogP contribution in [-0.2, 0) is 0 Å². The highest BCUT2D eigenvalue weighted by atomic mass is 16.1. The van der Waals surface area contributed by atoms with E-state index in [9.17, 15) is 4.79 Å². The monoisotopic (exact) mass is 365 g/mol. The van der Waals surface area contributed by atoms with Crippen LogP contribution < -0.4 is 4.90 Å². The van der Waals surface area contributed by atoms with E-state index in [1.165, 1.54) is 46.8 Å². The van der Waals surface area contributed by atoms with Gasteiger partial charge in [0.1, 0.15) is 0 Å². The highest BCUT2D eigenvalue weighted by Gasteiger charge is 2.16. The zero-order valence-electron chi connectivity index (χ0n) is 15.9. The van der Waals surface area contributed by atoms with Crippen LogP contribution in [0.15, 0.2) is 72.8 Å². The number of carbonyl (C=O) groups is 1. The van der Waals surface area contributed by atoms with E-state index in [0.29, 0.717) is 0 Å². The first-order valence-corrected chi connectivity index (χ1v) is 10.1. The van der Waals surface area contributed by atoms with Crippen molar-refractivity contribution in [2.75, 3.05) is 18.0 Å². The van der Waals surface area contributed by atoms with Gasteiger partial charge in [0.2, 0.25) is 0 Å². The largest absolute Gasteiger partial charge is 0.371 e. The Bertz CT molecular complexity index is 1170. The van der Waals surface area contributed by atoms with Gasteiger partial charge >= 0.3 is 0 Å². The van der Waals surface area contributed by atoms with E-state index < -0.39 is 0 Å². The van der Waals surface area contributed by atoms with Gasteiger partial charge in [-0.3, -0.25) is 4.79 Å². The maximum Gasteiger partial charge on any atom is 0.150 e. The lowest BCUT2D eigenvalue weighted by Crippen LogP contribution is -2.29. The Balaban J connectivity index is 1.75. The molecule has 1 saturated heterocycles. The summed E-state index contributed by atoms with van der Waals surface area (Å²) in [5.41, 5.74) is 4.49. The molecule has 4 aromatic rings. The van der Waals surface area contributed by atoms with Crippen molar-refractivity contribution in [1.29, 1.82) is 0 Å². The first-order valence-electron chi connectivity index (χ1n) is 10.1. The summed E-state index contributed by atoms with van der Waals surface area (Å²) in [7, 11) is 0. The van der Waals surface area contributed by atoms with Crippen LogP contribution in [0.1, 0.15) is 29.6 Å². The molecule has 1 aliphatic rings. The number of carbonyl (C=O) groups excluding carboxylic acids is 1. The Morgan fingerprint density at radius 3 is 1.86 bits per heavy atom. The van der Waals surface area contributed by atoms with Gasteiger partial charge in [-0.1, -0.05) is 66.7 Å². The minimum atomic E-state index is 0.744. The number of hydrogen-bond donors (Lipinski definition) is 0. The average Bonchev–Trinajstić information content (AvgIpc) is 2.78. The Morgan fingerprint density at radius 1 is 0.607 bits per heavy atom. The van der Waals surface area contributed by atoms with Crippen molar-refractivity contribution in [2.45, 2.75) is 19.3 Å². The van der Waals surface area contributed by atoms with Crippen molar-refractivity contribution in [1.82, 2.24) is 0 Å². The minimum absolute atomic E-state index is 0.744. The second-order valence-corrected chi connectivity index (χ2v) is 7.59. The quantitative estimate of drug-likeness (QED) is 0.388. The predicted molar refractivity (Wildman–Crippen MR) is 118 cm³/mol. The lowest BCUT2D eigenvalue weighted by atomic mass is 9.91. The number of aldehydes is 1. The molecule has 0 N–H and O–H groups in total. The number of hydrogen-bond acceptors (Lipinski definition) is 2. The van der Waals surface area contributed by atoms with Crippen LogP contribution in [0.2, 0.25) is 0 Å². The molecule has 0 aromatic heterocycles. The molecular weight excluding hydrogens is 342 g/mol. The maximum atomic E-state index is 11.5. The van der Waals surface area contributed by atoms with Crippen molar-refractivity contribution in [3.8, 4) is 11.1 Å². The zero-order valence-corrected chi connectivity index (χ0v) is 15.9. The Morgan fingerprint density at radius 2 is 1.18 bits per heavy atom. The van der Waals surface area contributed by atoms with Crippen LogP contribution in [0.5, 0.6) is 0 Å². The van der Waals surface area contributed by atoms with Gasteiger partial charge in [0.25, 0.3) is 0 Å². The van der Waals surface area contributed by atoms with Gasteiger partial charge in [-0.25, -0.2) is 0 Å². The molecule has 4 aromatic carbocycles. The van der Waals surface area contributed by atoms with Gasteiger partial charge in [0.15, 0.2) is 6.29 Å². The minimum Gasteiger partial charge on any atom is -0.371 e. The Labute approximate surface area is 165 Å². The van der Waals surface area contributed by atoms with Crippen LogP contribution in [0.25, 0.3) is 32.7 Å². The van der Waals surface area contributed by atoms with E-state index in [0.717, 1.165) is 35.7 Å². The van der Waals surface area contributed by atoms with Crippen molar-refractivity contribution >= 4 is 33.5 Å². The molecule has 0 unspecified atom stereocenters. The zero-order chi connectivity index (χ0) is 18.9. The molecule has 0 spiro atoms. The molecule has 5 rings (SSSR count). The van der Waals surface area contributed by atoms with Gasteiger partial charge in [0, 0.05) is 29.7 Å². The van der Waals surface area contributed by atoms with Crippen LogP contribution in [0.3, 0.4) is 0 Å². The van der Waals surface area contributed by atoms with E-state index in [1.807, 2.05) is 24.3 Å². The standard InChI is InChI=1S/C26H23NO/c28-18-19-12-13-23(21-9-3-2-8-20(19)21)24-14-15-26(27-16-6-1-7-17-27)25-11-5-4-10-22(24)25/h2-5,8-15,18H,1,6-7,16-17H2. The number of anilines is 1. The molecule has 1 aliphatic heterocycles. The van der Waals surface area contributed by atoms with Gasteiger partial charge in [-0.2, -0.15) is 0 Å². The molecule has 0 atom stereocenters. The fourth-order valence-electron chi connectivity index (χ4n) is 4.59. The van der Waals surface area contributed by atoms with Gasteiger partial charge in [-0.05, 0) is 52.6 Å². The highest BCUT2D eigenvalue weighted by Crippen LogP contribution is 2.39. The summed E-state index contributed by atoms with van der Waals surface area (Å²) >= 11 is 0. The fraction of sp³-hybridized carbons (Fsp3) is 0.192. The summed E-state index contributed by atoms with van der Waals surface area (Å²) < 4.78 is 0. The Hall–Kier alpha value is -3.13. The molecule has 0 radical (unpaired) electrons. The smallest absolute Gasteiger partial charge is 0.150 e. The van der Waals surface area contributed by atoms with Crippen LogP contribution in [-0.4, -0.2) is 19.4 Å². The lowest BCUT2D eigenvalue weighted by molar-refractivity contribution is 0.112. The van der Waals surface area contributed by atoms with Crippen molar-refractivity contribution < 1.29 is 4.79 Å². The van der Waals surface area contributed by atoms with E-state index in [-0.39, 0.29) is 0 Å². The molecule has 2 heteroatoms. The molecule has 1 fully saturated rings. The fourth-order valence-corrected chi connectivity index (χ4v) is 4.59. The number of fused-ring (bicyclic) bond motifs is 2. The SMILES string of the molecule is O=Cc1ccc(-c2ccc(N3CCCCC3)c3ccccc23)c2ccccc12. The molecular formula is C26H23NO. The molecule has 0 saturated carbocycles. The number of piperidine rings is 1. The first-order chi connectivity index (χ1) is 13.9. The lowest BCUT2D eigenvalue weighted by Gasteiger charge is -2.30. The number of nitrogens with zero attached hydrogens (tertiary/aromatic N) is 1. The van der Waals surface area contributed by atoms with Gasteiger partial charge < -0.3 is 4.90 Å². The summed E-state index contributed by atoms with van der Waals surface area (Å²) in [6, 6.07) is 25.5. The molecule has 0 aliphatic carbocycles. The molecule has 28 heavy (non-hydrogen) atoms. The molecule has 2 nitrogen and oxygen atoms in total. The third-order valence-corrected chi connectivity index (χ3v) is 5.97. The first kappa shape index (κ1) is 17.0. The maximum absolute atomic E-state index is 11.5. The van der Waals surface area contributed by atoms with Crippen molar-refractivity contribution in [3.05, 3.63) is 78.4 Å². The van der Waals surface area contributed by atoms with E-state index in [1.54, 1.807) is 0 Å². The van der Waals surface area contributed by atoms with E-state index in [4.69, 9.17) is 0 Å². The third-order valence-electron chi connectivity index (χ3n) is 5.97. The van der Waals surface area contributed by atoms with E-state index >= 15 is 0 Å². The van der Waals surface area contributed by atoms with Gasteiger partial charge in [-0.15, -0.1) is 0 Å². The molecule has 138 valence electrons. The van der Waals surface area contributed by atoms with Gasteiger partial charge in [0.05, 0.1) is 0 Å². The predicted octanol–water partition coefficient (Wildman–Crippen LogP) is 6.46. The summed E-state index contributed by atoms with van der Waals surface area (Å²) in [4.78, 5) is 14.0. The normalized spacial score (nSPS) is 14.5. The second kappa shape index (κ2) is 7.12. The number of rotatable bonds is 3. The topological polar surface area (TPSA) is 20.3 Å². The molecule has 1 heterocycles. The van der Waals surface area contributed by atoms with Crippen LogP contribution in [0, 0.1) is 0 Å². The van der Waals surface area contributed by atoms with Crippen LogP contribution in [0.4, 0.5) is 5.69 Å².